The maximum atomic E-state index is 13.4. The van der Waals surface area contributed by atoms with Gasteiger partial charge in [-0.2, -0.15) is 0 Å². The summed E-state index contributed by atoms with van der Waals surface area (Å²) in [5.74, 6) is -0.657. The third-order valence-corrected chi connectivity index (χ3v) is 6.66. The highest BCUT2D eigenvalue weighted by molar-refractivity contribution is 7.93. The first kappa shape index (κ1) is 25.4. The van der Waals surface area contributed by atoms with Gasteiger partial charge in [0.2, 0.25) is 5.91 Å². The number of H-pyrrole nitrogens is 1. The maximum absolute atomic E-state index is 13.4. The second kappa shape index (κ2) is 10.8. The van der Waals surface area contributed by atoms with Crippen molar-refractivity contribution in [1.82, 2.24) is 4.98 Å². The molecule has 12 heteroatoms. The van der Waals surface area contributed by atoms with Gasteiger partial charge in [-0.15, -0.1) is 0 Å². The number of carbonyl (C=O) groups is 2. The number of aromatic nitrogens is 1. The molecular formula is C23H26N6O5S. The van der Waals surface area contributed by atoms with Crippen molar-refractivity contribution in [2.45, 2.75) is 30.7 Å². The van der Waals surface area contributed by atoms with Crippen molar-refractivity contribution in [2.24, 2.45) is 16.5 Å². The Bertz CT molecular complexity index is 1420. The number of fused-ring (bicyclic) bond motifs is 1. The number of pyridine rings is 1. The summed E-state index contributed by atoms with van der Waals surface area (Å²) in [7, 11) is -4.25. The average Bonchev–Trinajstić information content (AvgIpc) is 2.82. The lowest BCUT2D eigenvalue weighted by Crippen LogP contribution is -2.41. The number of nitrogens with two attached hydrogens (primary N) is 2. The summed E-state index contributed by atoms with van der Waals surface area (Å²) in [5, 5.41) is 1.16. The number of nitrogens with zero attached hydrogens (tertiary/aromatic N) is 2. The predicted molar refractivity (Wildman–Crippen MR) is 135 cm³/mol. The Kier molecular flexibility index (Phi) is 7.87. The van der Waals surface area contributed by atoms with Crippen LogP contribution in [0, 0.1) is 0 Å². The summed E-state index contributed by atoms with van der Waals surface area (Å²) in [4.78, 5) is 44.5. The van der Waals surface area contributed by atoms with Crippen LogP contribution in [0.4, 0.5) is 11.4 Å². The number of hydrogen-bond donors (Lipinski definition) is 4. The fraction of sp³-hybridized carbons (Fsp3) is 0.217. The van der Waals surface area contributed by atoms with Gasteiger partial charge in [0.15, 0.2) is 5.96 Å². The molecule has 1 heterocycles. The first-order valence-corrected chi connectivity index (χ1v) is 12.2. The summed E-state index contributed by atoms with van der Waals surface area (Å²) in [6.45, 7) is 1.45. The van der Waals surface area contributed by atoms with E-state index in [-0.39, 0.29) is 35.2 Å². The van der Waals surface area contributed by atoms with Gasteiger partial charge in [-0.25, -0.2) is 8.42 Å². The van der Waals surface area contributed by atoms with Crippen LogP contribution in [0.15, 0.2) is 69.4 Å². The number of rotatable bonds is 10. The van der Waals surface area contributed by atoms with E-state index in [0.717, 1.165) is 4.90 Å². The molecule has 0 fully saturated rings. The van der Waals surface area contributed by atoms with Gasteiger partial charge in [0.1, 0.15) is 12.0 Å². The van der Waals surface area contributed by atoms with Crippen LogP contribution in [0.25, 0.3) is 10.8 Å². The lowest BCUT2D eigenvalue weighted by atomic mass is 10.1. The minimum atomic E-state index is -4.25. The molecule has 1 aromatic heterocycles. The van der Waals surface area contributed by atoms with Crippen LogP contribution in [-0.4, -0.2) is 44.1 Å². The molecule has 3 rings (SSSR count). The number of carbonyl (C=O) groups excluding carboxylic acids is 2. The monoisotopic (exact) mass is 498 g/mol. The van der Waals surface area contributed by atoms with Gasteiger partial charge in [-0.1, -0.05) is 36.4 Å². The van der Waals surface area contributed by atoms with Crippen LogP contribution >= 0.6 is 0 Å². The average molecular weight is 499 g/mol. The molecule has 0 unspecified atom stereocenters. The summed E-state index contributed by atoms with van der Waals surface area (Å²) >= 11 is 0. The van der Waals surface area contributed by atoms with Crippen LogP contribution in [0.3, 0.4) is 0 Å². The molecule has 0 bridgehead atoms. The predicted octanol–water partition coefficient (Wildman–Crippen LogP) is 1.30. The molecular weight excluding hydrogens is 472 g/mol. The van der Waals surface area contributed by atoms with E-state index in [9.17, 15) is 22.8 Å². The Morgan fingerprint density at radius 1 is 1.17 bits per heavy atom. The standard InChI is InChI=1S/C23H26N6O5S/c1-15(31)29(17(14-30)8-5-12-27-23(24)25)19-11-13-26-22(32)21(19)28-35(33,34)20-10-4-7-16-6-2-3-9-18(16)20/h2-4,6-7,9-11,13-14,17,28H,5,8,12H2,1H3,(H,26,32)(H4,24,25,27)/t17-/m0/s1. The molecule has 11 nitrogen and oxygen atoms in total. The van der Waals surface area contributed by atoms with Gasteiger partial charge in [0.05, 0.1) is 16.6 Å². The minimum absolute atomic E-state index is 0.0386. The van der Waals surface area contributed by atoms with E-state index >= 15 is 0 Å². The molecule has 2 aromatic carbocycles. The number of benzene rings is 2. The lowest BCUT2D eigenvalue weighted by molar-refractivity contribution is -0.119. The summed E-state index contributed by atoms with van der Waals surface area (Å²) in [6, 6.07) is 12.1. The van der Waals surface area contributed by atoms with E-state index in [2.05, 4.69) is 14.7 Å². The van der Waals surface area contributed by atoms with Crippen LogP contribution in [0.1, 0.15) is 19.8 Å². The van der Waals surface area contributed by atoms with Crippen LogP contribution < -0.4 is 26.6 Å². The van der Waals surface area contributed by atoms with Crippen molar-refractivity contribution >= 4 is 50.3 Å². The van der Waals surface area contributed by atoms with Gasteiger partial charge >= 0.3 is 0 Å². The molecule has 0 saturated carbocycles. The second-order valence-electron chi connectivity index (χ2n) is 7.69. The number of sulfonamides is 1. The van der Waals surface area contributed by atoms with Crippen LogP contribution in [0.2, 0.25) is 0 Å². The molecule has 1 amide bonds. The number of aldehydes is 1. The first-order valence-electron chi connectivity index (χ1n) is 10.7. The number of guanidine groups is 1. The van der Waals surface area contributed by atoms with Crippen LogP contribution in [-0.2, 0) is 19.6 Å². The molecule has 0 aliphatic carbocycles. The van der Waals surface area contributed by atoms with Crippen molar-refractivity contribution in [3.8, 4) is 0 Å². The second-order valence-corrected chi connectivity index (χ2v) is 9.34. The van der Waals surface area contributed by atoms with E-state index in [1.807, 2.05) is 0 Å². The van der Waals surface area contributed by atoms with Crippen molar-refractivity contribution in [1.29, 1.82) is 0 Å². The molecule has 184 valence electrons. The van der Waals surface area contributed by atoms with E-state index in [0.29, 0.717) is 23.5 Å². The Labute approximate surface area is 201 Å². The van der Waals surface area contributed by atoms with E-state index in [1.54, 1.807) is 36.4 Å². The molecule has 0 aliphatic heterocycles. The molecule has 0 spiro atoms. The molecule has 0 radical (unpaired) electrons. The normalized spacial score (nSPS) is 12.0. The zero-order valence-electron chi connectivity index (χ0n) is 19.0. The number of hydrogen-bond acceptors (Lipinski definition) is 6. The molecule has 35 heavy (non-hydrogen) atoms. The van der Waals surface area contributed by atoms with Gasteiger partial charge in [0, 0.05) is 25.1 Å². The van der Waals surface area contributed by atoms with Gasteiger partial charge in [0.25, 0.3) is 15.6 Å². The zero-order valence-corrected chi connectivity index (χ0v) is 19.8. The first-order chi connectivity index (χ1) is 16.7. The number of anilines is 2. The van der Waals surface area contributed by atoms with E-state index in [1.165, 1.54) is 25.3 Å². The van der Waals surface area contributed by atoms with Gasteiger partial charge in [-0.3, -0.25) is 19.3 Å². The van der Waals surface area contributed by atoms with E-state index < -0.39 is 27.5 Å². The van der Waals surface area contributed by atoms with Crippen molar-refractivity contribution in [3.05, 3.63) is 65.1 Å². The summed E-state index contributed by atoms with van der Waals surface area (Å²) in [5.41, 5.74) is 9.41. The third-order valence-electron chi connectivity index (χ3n) is 5.25. The van der Waals surface area contributed by atoms with Crippen molar-refractivity contribution in [3.63, 3.8) is 0 Å². The highest BCUT2D eigenvalue weighted by atomic mass is 32.2. The Hall–Kier alpha value is -4.19. The molecule has 1 atom stereocenters. The molecule has 6 N–H and O–H groups in total. The number of aromatic amines is 1. The topological polar surface area (TPSA) is 181 Å². The number of nitrogens with one attached hydrogen (secondary N) is 2. The lowest BCUT2D eigenvalue weighted by Gasteiger charge is -2.28. The fourth-order valence-corrected chi connectivity index (χ4v) is 5.04. The van der Waals surface area contributed by atoms with Gasteiger partial charge in [-0.05, 0) is 30.4 Å². The van der Waals surface area contributed by atoms with Gasteiger partial charge < -0.3 is 26.1 Å². The molecule has 0 aliphatic rings. The Morgan fingerprint density at radius 2 is 1.89 bits per heavy atom. The smallest absolute Gasteiger partial charge is 0.274 e. The number of amides is 1. The zero-order chi connectivity index (χ0) is 25.6. The largest absolute Gasteiger partial charge is 0.370 e. The quantitative estimate of drug-likeness (QED) is 0.141. The van der Waals surface area contributed by atoms with Crippen LogP contribution in [0.5, 0.6) is 0 Å². The van der Waals surface area contributed by atoms with Crippen molar-refractivity contribution in [2.75, 3.05) is 16.2 Å². The fourth-order valence-electron chi connectivity index (χ4n) is 3.74. The minimum Gasteiger partial charge on any atom is -0.370 e. The summed E-state index contributed by atoms with van der Waals surface area (Å²) in [6.07, 6.45) is 2.37. The highest BCUT2D eigenvalue weighted by Crippen LogP contribution is 2.29. The highest BCUT2D eigenvalue weighted by Gasteiger charge is 2.28. The van der Waals surface area contributed by atoms with E-state index in [4.69, 9.17) is 11.5 Å². The van der Waals surface area contributed by atoms with Crippen molar-refractivity contribution < 1.29 is 18.0 Å². The molecule has 0 saturated heterocycles. The third kappa shape index (κ3) is 5.84. The molecule has 3 aromatic rings. The summed E-state index contributed by atoms with van der Waals surface area (Å²) < 4.78 is 29.0. The SMILES string of the molecule is CC(=O)N(c1cc[nH]c(=O)c1NS(=O)(=O)c1cccc2ccccc12)[C@H](C=O)CCCN=C(N)N. The Balaban J connectivity index is 2.03. The number of aliphatic imine (C=N–C) groups is 1. The Morgan fingerprint density at radius 3 is 2.57 bits per heavy atom. The maximum Gasteiger partial charge on any atom is 0.274 e.